The van der Waals surface area contributed by atoms with E-state index >= 15 is 0 Å². The van der Waals surface area contributed by atoms with Crippen molar-refractivity contribution in [3.8, 4) is 0 Å². The molecule has 0 bridgehead atoms. The predicted octanol–water partition coefficient (Wildman–Crippen LogP) is 5.09. The first-order valence-electron chi connectivity index (χ1n) is 12.4. The summed E-state index contributed by atoms with van der Waals surface area (Å²) in [5.41, 5.74) is 2.76. The number of carbonyl (C=O) groups excluding carboxylic acids is 2. The molecule has 1 unspecified atom stereocenters. The lowest BCUT2D eigenvalue weighted by atomic mass is 10.1. The molecule has 3 aromatic rings. The number of hydrogen-bond donors (Lipinski definition) is 1. The van der Waals surface area contributed by atoms with Gasteiger partial charge in [-0.3, -0.25) is 13.9 Å². The van der Waals surface area contributed by atoms with Crippen molar-refractivity contribution in [3.63, 3.8) is 0 Å². The first kappa shape index (κ1) is 29.2. The van der Waals surface area contributed by atoms with Crippen LogP contribution in [0.15, 0.2) is 77.7 Å². The normalized spacial score (nSPS) is 12.2. The largest absolute Gasteiger partial charge is 0.352 e. The molecule has 9 heteroatoms. The average molecular weight is 556 g/mol. The fraction of sp³-hybridized carbons (Fsp3) is 0.310. The van der Waals surface area contributed by atoms with E-state index in [-0.39, 0.29) is 23.4 Å². The fourth-order valence-electron chi connectivity index (χ4n) is 4.06. The van der Waals surface area contributed by atoms with Crippen LogP contribution in [-0.4, -0.2) is 43.8 Å². The van der Waals surface area contributed by atoms with Gasteiger partial charge < -0.3 is 10.2 Å². The second-order valence-electron chi connectivity index (χ2n) is 9.53. The Labute approximate surface area is 230 Å². The molecule has 0 heterocycles. The third-order valence-corrected chi connectivity index (χ3v) is 8.30. The van der Waals surface area contributed by atoms with Gasteiger partial charge in [0, 0.05) is 17.6 Å². The number of nitrogens with one attached hydrogen (secondary N) is 1. The predicted molar refractivity (Wildman–Crippen MR) is 152 cm³/mol. The van der Waals surface area contributed by atoms with Gasteiger partial charge in [0.15, 0.2) is 0 Å². The van der Waals surface area contributed by atoms with Crippen LogP contribution in [-0.2, 0) is 26.2 Å². The molecule has 3 aromatic carbocycles. The summed E-state index contributed by atoms with van der Waals surface area (Å²) in [4.78, 5) is 28.4. The number of hydrogen-bond acceptors (Lipinski definition) is 4. The van der Waals surface area contributed by atoms with Crippen LogP contribution < -0.4 is 9.62 Å². The molecule has 1 atom stereocenters. The van der Waals surface area contributed by atoms with Crippen molar-refractivity contribution in [2.75, 3.05) is 10.8 Å². The molecule has 1 N–H and O–H groups in total. The maximum absolute atomic E-state index is 13.9. The third-order valence-electron chi connectivity index (χ3n) is 6.29. The number of sulfonamides is 1. The quantitative estimate of drug-likeness (QED) is 0.377. The summed E-state index contributed by atoms with van der Waals surface area (Å²) in [7, 11) is -4.10. The van der Waals surface area contributed by atoms with Gasteiger partial charge in [0.1, 0.15) is 12.6 Å². The number of amides is 2. The van der Waals surface area contributed by atoms with Crippen LogP contribution in [0, 0.1) is 13.8 Å². The maximum atomic E-state index is 13.9. The summed E-state index contributed by atoms with van der Waals surface area (Å²) in [5.74, 6) is -0.851. The van der Waals surface area contributed by atoms with Crippen LogP contribution in [0.2, 0.25) is 5.02 Å². The zero-order chi connectivity index (χ0) is 28.0. The molecule has 202 valence electrons. The SMILES string of the molecule is Cc1cccc(N(CC(=O)N(Cc2cccc(Cl)c2)C(C)C(=O)NC(C)C)S(=O)(=O)c2ccccc2)c1C. The number of anilines is 1. The molecule has 0 spiro atoms. The van der Waals surface area contributed by atoms with Crippen LogP contribution in [0.1, 0.15) is 37.5 Å². The van der Waals surface area contributed by atoms with Gasteiger partial charge in [-0.05, 0) is 81.6 Å². The zero-order valence-electron chi connectivity index (χ0n) is 22.3. The van der Waals surface area contributed by atoms with Crippen LogP contribution in [0.4, 0.5) is 5.69 Å². The Morgan fingerprint density at radius 1 is 0.921 bits per heavy atom. The lowest BCUT2D eigenvalue weighted by Crippen LogP contribution is -2.52. The summed E-state index contributed by atoms with van der Waals surface area (Å²) in [6.07, 6.45) is 0. The lowest BCUT2D eigenvalue weighted by molar-refractivity contribution is -0.139. The van der Waals surface area contributed by atoms with Gasteiger partial charge in [0.25, 0.3) is 10.0 Å². The van der Waals surface area contributed by atoms with Gasteiger partial charge in [0.05, 0.1) is 10.6 Å². The van der Waals surface area contributed by atoms with E-state index in [1.54, 1.807) is 55.5 Å². The van der Waals surface area contributed by atoms with Crippen LogP contribution >= 0.6 is 11.6 Å². The van der Waals surface area contributed by atoms with Gasteiger partial charge in [-0.15, -0.1) is 0 Å². The molecule has 7 nitrogen and oxygen atoms in total. The standard InChI is InChI=1S/C29H34ClN3O4S/c1-20(2)31-29(35)23(5)32(18-24-12-10-13-25(30)17-24)28(34)19-33(27-16-9-11-21(3)22(27)4)38(36,37)26-14-7-6-8-15-26/h6-17,20,23H,18-19H2,1-5H3,(H,31,35). The Hall–Kier alpha value is -3.36. The van der Waals surface area contributed by atoms with E-state index in [1.165, 1.54) is 17.0 Å². The summed E-state index contributed by atoms with van der Waals surface area (Å²) in [6.45, 7) is 8.61. The van der Waals surface area contributed by atoms with Gasteiger partial charge in [0.2, 0.25) is 11.8 Å². The summed E-state index contributed by atoms with van der Waals surface area (Å²) >= 11 is 6.17. The molecule has 38 heavy (non-hydrogen) atoms. The van der Waals surface area contributed by atoms with E-state index in [4.69, 9.17) is 11.6 Å². The minimum atomic E-state index is -4.10. The number of carbonyl (C=O) groups is 2. The van der Waals surface area contributed by atoms with Crippen molar-refractivity contribution in [2.45, 2.75) is 58.1 Å². The molecular formula is C29H34ClN3O4S. The Kier molecular flexibility index (Phi) is 9.57. The highest BCUT2D eigenvalue weighted by molar-refractivity contribution is 7.92. The Bertz CT molecular complexity index is 1390. The third kappa shape index (κ3) is 6.94. The van der Waals surface area contributed by atoms with Gasteiger partial charge in [-0.2, -0.15) is 0 Å². The van der Waals surface area contributed by atoms with E-state index in [2.05, 4.69) is 5.32 Å². The van der Waals surface area contributed by atoms with Crippen LogP contribution in [0.25, 0.3) is 0 Å². The lowest BCUT2D eigenvalue weighted by Gasteiger charge is -2.33. The summed E-state index contributed by atoms with van der Waals surface area (Å²) in [5, 5.41) is 3.34. The molecular weight excluding hydrogens is 522 g/mol. The van der Waals surface area contributed by atoms with Gasteiger partial charge >= 0.3 is 0 Å². The molecule has 0 aliphatic carbocycles. The van der Waals surface area contributed by atoms with Crippen LogP contribution in [0.5, 0.6) is 0 Å². The monoisotopic (exact) mass is 555 g/mol. The highest BCUT2D eigenvalue weighted by Gasteiger charge is 2.33. The number of rotatable bonds is 10. The highest BCUT2D eigenvalue weighted by Crippen LogP contribution is 2.29. The average Bonchev–Trinajstić information content (AvgIpc) is 2.87. The first-order chi connectivity index (χ1) is 17.9. The van der Waals surface area contributed by atoms with E-state index < -0.39 is 28.5 Å². The smallest absolute Gasteiger partial charge is 0.264 e. The second-order valence-corrected chi connectivity index (χ2v) is 11.8. The molecule has 0 aliphatic heterocycles. The number of halogens is 1. The molecule has 0 fully saturated rings. The summed E-state index contributed by atoms with van der Waals surface area (Å²) in [6, 6.07) is 19.4. The number of nitrogens with zero attached hydrogens (tertiary/aromatic N) is 2. The fourth-order valence-corrected chi connectivity index (χ4v) is 5.76. The maximum Gasteiger partial charge on any atom is 0.264 e. The molecule has 0 saturated carbocycles. The van der Waals surface area contributed by atoms with E-state index in [1.807, 2.05) is 39.8 Å². The molecule has 0 aromatic heterocycles. The zero-order valence-corrected chi connectivity index (χ0v) is 23.9. The second kappa shape index (κ2) is 12.5. The highest BCUT2D eigenvalue weighted by atomic mass is 35.5. The molecule has 0 saturated heterocycles. The minimum Gasteiger partial charge on any atom is -0.352 e. The molecule has 0 radical (unpaired) electrons. The van der Waals surface area contributed by atoms with Crippen molar-refractivity contribution in [2.24, 2.45) is 0 Å². The van der Waals surface area contributed by atoms with Gasteiger partial charge in [-0.25, -0.2) is 8.42 Å². The topological polar surface area (TPSA) is 86.8 Å². The Morgan fingerprint density at radius 2 is 1.58 bits per heavy atom. The van der Waals surface area contributed by atoms with Crippen molar-refractivity contribution in [3.05, 3.63) is 94.5 Å². The Morgan fingerprint density at radius 3 is 2.21 bits per heavy atom. The molecule has 0 aliphatic rings. The van der Waals surface area contributed by atoms with E-state index in [0.29, 0.717) is 10.7 Å². The van der Waals surface area contributed by atoms with E-state index in [9.17, 15) is 18.0 Å². The number of aryl methyl sites for hydroxylation is 1. The van der Waals surface area contributed by atoms with Crippen molar-refractivity contribution < 1.29 is 18.0 Å². The van der Waals surface area contributed by atoms with Crippen molar-refractivity contribution in [1.82, 2.24) is 10.2 Å². The Balaban J connectivity index is 2.07. The van der Waals surface area contributed by atoms with Crippen molar-refractivity contribution in [1.29, 1.82) is 0 Å². The number of benzene rings is 3. The van der Waals surface area contributed by atoms with E-state index in [0.717, 1.165) is 21.0 Å². The first-order valence-corrected chi connectivity index (χ1v) is 14.2. The summed E-state index contributed by atoms with van der Waals surface area (Å²) < 4.78 is 28.9. The molecule has 2 amide bonds. The van der Waals surface area contributed by atoms with Gasteiger partial charge in [-0.1, -0.05) is 54.1 Å². The minimum absolute atomic E-state index is 0.0701. The molecule has 3 rings (SSSR count). The van der Waals surface area contributed by atoms with Crippen LogP contribution in [0.3, 0.4) is 0 Å². The van der Waals surface area contributed by atoms with Crippen molar-refractivity contribution >= 4 is 39.1 Å².